The standard InChI is InChI=1S/C10H15N3O2/c1-8(13-6-2-5-11-13)9(15)12-10(7-14)3-4-10/h2,5-6,8,14H,3-4,7H2,1H3,(H,12,15). The van der Waals surface area contributed by atoms with Crippen LogP contribution in [0.15, 0.2) is 18.5 Å². The molecule has 1 aliphatic rings. The summed E-state index contributed by atoms with van der Waals surface area (Å²) in [6.07, 6.45) is 5.12. The van der Waals surface area contributed by atoms with E-state index in [1.165, 1.54) is 0 Å². The maximum absolute atomic E-state index is 11.8. The van der Waals surface area contributed by atoms with Crippen molar-refractivity contribution in [3.8, 4) is 0 Å². The molecule has 1 aromatic rings. The second kappa shape index (κ2) is 3.66. The van der Waals surface area contributed by atoms with Crippen LogP contribution >= 0.6 is 0 Å². The molecule has 0 saturated heterocycles. The van der Waals surface area contributed by atoms with Crippen molar-refractivity contribution in [2.75, 3.05) is 6.61 Å². The highest BCUT2D eigenvalue weighted by molar-refractivity contribution is 5.81. The van der Waals surface area contributed by atoms with Gasteiger partial charge in [0.2, 0.25) is 5.91 Å². The molecule has 1 fully saturated rings. The van der Waals surface area contributed by atoms with Crippen LogP contribution in [-0.4, -0.2) is 32.9 Å². The number of aromatic nitrogens is 2. The third kappa shape index (κ3) is 2.02. The third-order valence-corrected chi connectivity index (χ3v) is 2.85. The summed E-state index contributed by atoms with van der Waals surface area (Å²) < 4.78 is 1.60. The normalized spacial score (nSPS) is 19.6. The van der Waals surface area contributed by atoms with Gasteiger partial charge in [-0.05, 0) is 25.8 Å². The molecule has 1 amide bonds. The van der Waals surface area contributed by atoms with E-state index < -0.39 is 0 Å². The van der Waals surface area contributed by atoms with Crippen LogP contribution in [0.3, 0.4) is 0 Å². The van der Waals surface area contributed by atoms with Crippen LogP contribution in [-0.2, 0) is 4.79 Å². The molecule has 1 atom stereocenters. The molecule has 1 saturated carbocycles. The second-order valence-corrected chi connectivity index (χ2v) is 4.09. The first kappa shape index (κ1) is 10.2. The minimum absolute atomic E-state index is 0.0184. The number of carbonyl (C=O) groups excluding carboxylic acids is 1. The summed E-state index contributed by atoms with van der Waals surface area (Å²) in [5.41, 5.74) is -0.349. The van der Waals surface area contributed by atoms with Crippen LogP contribution in [0.25, 0.3) is 0 Å². The Hall–Kier alpha value is -1.36. The number of amides is 1. The van der Waals surface area contributed by atoms with E-state index in [2.05, 4.69) is 10.4 Å². The number of hydrogen-bond acceptors (Lipinski definition) is 3. The topological polar surface area (TPSA) is 67.2 Å². The number of rotatable bonds is 4. The van der Waals surface area contributed by atoms with Gasteiger partial charge in [-0.1, -0.05) is 0 Å². The molecule has 2 rings (SSSR count). The monoisotopic (exact) mass is 209 g/mol. The van der Waals surface area contributed by atoms with Crippen molar-refractivity contribution in [1.82, 2.24) is 15.1 Å². The highest BCUT2D eigenvalue weighted by Gasteiger charge is 2.44. The van der Waals surface area contributed by atoms with Crippen LogP contribution < -0.4 is 5.32 Å². The largest absolute Gasteiger partial charge is 0.394 e. The van der Waals surface area contributed by atoms with Crippen molar-refractivity contribution < 1.29 is 9.90 Å². The number of carbonyl (C=O) groups is 1. The third-order valence-electron chi connectivity index (χ3n) is 2.85. The molecule has 5 heteroatoms. The van der Waals surface area contributed by atoms with Crippen molar-refractivity contribution in [2.45, 2.75) is 31.3 Å². The van der Waals surface area contributed by atoms with Crippen molar-refractivity contribution in [3.05, 3.63) is 18.5 Å². The van der Waals surface area contributed by atoms with Crippen LogP contribution in [0.4, 0.5) is 0 Å². The lowest BCUT2D eigenvalue weighted by atomic mass is 10.2. The fourth-order valence-electron chi connectivity index (χ4n) is 1.47. The molecule has 0 radical (unpaired) electrons. The summed E-state index contributed by atoms with van der Waals surface area (Å²) in [5, 5.41) is 15.9. The number of nitrogens with zero attached hydrogens (tertiary/aromatic N) is 2. The number of aliphatic hydroxyl groups excluding tert-OH is 1. The van der Waals surface area contributed by atoms with Gasteiger partial charge in [-0.3, -0.25) is 9.48 Å². The predicted molar refractivity (Wildman–Crippen MR) is 54.1 cm³/mol. The van der Waals surface area contributed by atoms with Gasteiger partial charge in [-0.25, -0.2) is 0 Å². The lowest BCUT2D eigenvalue weighted by molar-refractivity contribution is -0.125. The molecule has 0 aliphatic heterocycles. The number of aliphatic hydroxyl groups is 1. The zero-order chi connectivity index (χ0) is 10.9. The molecule has 5 nitrogen and oxygen atoms in total. The molecule has 0 spiro atoms. The molecular formula is C10H15N3O2. The zero-order valence-electron chi connectivity index (χ0n) is 8.68. The maximum atomic E-state index is 11.8. The average molecular weight is 209 g/mol. The molecule has 1 unspecified atom stereocenters. The first-order valence-electron chi connectivity index (χ1n) is 5.09. The van der Waals surface area contributed by atoms with Gasteiger partial charge in [0.25, 0.3) is 0 Å². The van der Waals surface area contributed by atoms with E-state index in [0.717, 1.165) is 12.8 Å². The molecule has 15 heavy (non-hydrogen) atoms. The SMILES string of the molecule is CC(C(=O)NC1(CO)CC1)n1cccn1. The van der Waals surface area contributed by atoms with Crippen molar-refractivity contribution >= 4 is 5.91 Å². The van der Waals surface area contributed by atoms with Crippen molar-refractivity contribution in [3.63, 3.8) is 0 Å². The Morgan fingerprint density at radius 1 is 1.73 bits per heavy atom. The molecule has 1 aromatic heterocycles. The summed E-state index contributed by atoms with van der Waals surface area (Å²) in [7, 11) is 0. The van der Waals surface area contributed by atoms with E-state index in [9.17, 15) is 4.79 Å². The van der Waals surface area contributed by atoms with Crippen molar-refractivity contribution in [2.24, 2.45) is 0 Å². The minimum atomic E-state index is -0.349. The van der Waals surface area contributed by atoms with Gasteiger partial charge in [0, 0.05) is 12.4 Å². The fourth-order valence-corrected chi connectivity index (χ4v) is 1.47. The van der Waals surface area contributed by atoms with Crippen LogP contribution in [0.1, 0.15) is 25.8 Å². The van der Waals surface area contributed by atoms with E-state index in [0.29, 0.717) is 0 Å². The summed E-state index contributed by atoms with van der Waals surface area (Å²) >= 11 is 0. The predicted octanol–water partition coefficient (Wildman–Crippen LogP) is 0.0852. The van der Waals surface area contributed by atoms with Gasteiger partial charge in [-0.15, -0.1) is 0 Å². The Kier molecular flexibility index (Phi) is 2.48. The average Bonchev–Trinajstić information content (AvgIpc) is 2.81. The Morgan fingerprint density at radius 3 is 2.93 bits per heavy atom. The summed E-state index contributed by atoms with van der Waals surface area (Å²) in [6, 6.07) is 1.45. The molecule has 2 N–H and O–H groups in total. The van der Waals surface area contributed by atoms with Gasteiger partial charge < -0.3 is 10.4 Å². The lowest BCUT2D eigenvalue weighted by Gasteiger charge is -2.18. The summed E-state index contributed by atoms with van der Waals surface area (Å²) in [5.74, 6) is -0.0924. The van der Waals surface area contributed by atoms with Gasteiger partial charge in [0.1, 0.15) is 6.04 Å². The van der Waals surface area contributed by atoms with Crippen LogP contribution in [0.2, 0.25) is 0 Å². The Balaban J connectivity index is 1.97. The molecule has 1 heterocycles. The lowest BCUT2D eigenvalue weighted by Crippen LogP contribution is -2.42. The highest BCUT2D eigenvalue weighted by atomic mass is 16.3. The van der Waals surface area contributed by atoms with E-state index in [4.69, 9.17) is 5.11 Å². The quantitative estimate of drug-likeness (QED) is 0.738. The Morgan fingerprint density at radius 2 is 2.47 bits per heavy atom. The van der Waals surface area contributed by atoms with E-state index >= 15 is 0 Å². The second-order valence-electron chi connectivity index (χ2n) is 4.09. The molecule has 0 bridgehead atoms. The maximum Gasteiger partial charge on any atom is 0.245 e. The highest BCUT2D eigenvalue weighted by Crippen LogP contribution is 2.34. The Labute approximate surface area is 88.1 Å². The molecule has 1 aliphatic carbocycles. The van der Waals surface area contributed by atoms with Gasteiger partial charge in [0.15, 0.2) is 0 Å². The van der Waals surface area contributed by atoms with E-state index in [-0.39, 0.29) is 24.1 Å². The molecule has 0 aromatic carbocycles. The van der Waals surface area contributed by atoms with Gasteiger partial charge in [-0.2, -0.15) is 5.10 Å². The number of nitrogens with one attached hydrogen (secondary N) is 1. The fraction of sp³-hybridized carbons (Fsp3) is 0.600. The van der Waals surface area contributed by atoms with Gasteiger partial charge in [0.05, 0.1) is 12.1 Å². The van der Waals surface area contributed by atoms with Crippen LogP contribution in [0.5, 0.6) is 0 Å². The zero-order valence-corrected chi connectivity index (χ0v) is 8.68. The Bertz CT molecular complexity index is 344. The van der Waals surface area contributed by atoms with Gasteiger partial charge >= 0.3 is 0 Å². The first-order valence-corrected chi connectivity index (χ1v) is 5.09. The molecule has 82 valence electrons. The number of hydrogen-bond donors (Lipinski definition) is 2. The smallest absolute Gasteiger partial charge is 0.245 e. The molecular weight excluding hydrogens is 194 g/mol. The summed E-state index contributed by atoms with van der Waals surface area (Å²) in [6.45, 7) is 1.81. The summed E-state index contributed by atoms with van der Waals surface area (Å²) in [4.78, 5) is 11.8. The van der Waals surface area contributed by atoms with E-state index in [1.807, 2.05) is 0 Å². The van der Waals surface area contributed by atoms with E-state index in [1.54, 1.807) is 30.1 Å². The van der Waals surface area contributed by atoms with Crippen LogP contribution in [0, 0.1) is 0 Å². The van der Waals surface area contributed by atoms with Crippen molar-refractivity contribution in [1.29, 1.82) is 0 Å². The first-order chi connectivity index (χ1) is 7.17. The minimum Gasteiger partial charge on any atom is -0.394 e.